The van der Waals surface area contributed by atoms with Crippen molar-refractivity contribution >= 4 is 24.6 Å². The molecule has 0 spiro atoms. The Bertz CT molecular complexity index is 282. The minimum Gasteiger partial charge on any atom is -0.478 e. The number of hydrogen-bond donors (Lipinski definition) is 1. The van der Waals surface area contributed by atoms with Gasteiger partial charge in [-0.1, -0.05) is 25.5 Å². The third-order valence-corrected chi connectivity index (χ3v) is 2.60. The molecule has 0 saturated heterocycles. The second-order valence-electron chi connectivity index (χ2n) is 2.96. The van der Waals surface area contributed by atoms with Crippen LogP contribution in [0.2, 0.25) is 0 Å². The molecule has 0 aromatic carbocycles. The summed E-state index contributed by atoms with van der Waals surface area (Å²) in [5.74, 6) is -0.831. The van der Waals surface area contributed by atoms with Crippen molar-refractivity contribution < 1.29 is 9.90 Å². The molecular formula is C11H17NO2S. The van der Waals surface area contributed by atoms with Gasteiger partial charge in [0.25, 0.3) is 0 Å². The molecular weight excluding hydrogens is 210 g/mol. The second-order valence-corrected chi connectivity index (χ2v) is 3.66. The average Bonchev–Trinajstić information content (AvgIpc) is 2.23. The number of allylic oxidation sites excluding steroid dienone is 2. The molecule has 0 rings (SSSR count). The van der Waals surface area contributed by atoms with Gasteiger partial charge in [0.15, 0.2) is 0 Å². The van der Waals surface area contributed by atoms with Crippen LogP contribution in [-0.4, -0.2) is 17.8 Å². The Labute approximate surface area is 95.1 Å². The Morgan fingerprint density at radius 2 is 2.13 bits per heavy atom. The van der Waals surface area contributed by atoms with E-state index < -0.39 is 5.97 Å². The number of carbonyl (C=O) groups is 1. The number of aliphatic carboxylic acids is 1. The van der Waals surface area contributed by atoms with E-state index in [9.17, 15) is 4.79 Å². The molecule has 0 aliphatic heterocycles. The first kappa shape index (κ1) is 14.0. The number of rotatable bonds is 7. The summed E-state index contributed by atoms with van der Waals surface area (Å²) < 4.78 is 3.66. The van der Waals surface area contributed by atoms with Crippen LogP contribution in [-0.2, 0) is 4.79 Å². The lowest BCUT2D eigenvalue weighted by atomic mass is 10.1. The van der Waals surface area contributed by atoms with Crippen molar-refractivity contribution in [3.8, 4) is 0 Å². The summed E-state index contributed by atoms with van der Waals surface area (Å²) in [6.07, 6.45) is 3.89. The standard InChI is InChI=1S/C11H17NO2S/c1-4-9(8-15-12-3)6-7-10(5-2)11(13)14/h7-8H,3-6H2,1-2H3,(H,13,14)/b9-8-,10-7+. The van der Waals surface area contributed by atoms with Gasteiger partial charge in [0.1, 0.15) is 0 Å². The highest BCUT2D eigenvalue weighted by molar-refractivity contribution is 8.00. The maximum atomic E-state index is 10.7. The van der Waals surface area contributed by atoms with Gasteiger partial charge in [-0.2, -0.15) is 0 Å². The number of nitrogens with zero attached hydrogens (tertiary/aromatic N) is 1. The van der Waals surface area contributed by atoms with Crippen LogP contribution in [0.1, 0.15) is 33.1 Å². The summed E-state index contributed by atoms with van der Waals surface area (Å²) in [5.41, 5.74) is 1.63. The lowest BCUT2D eigenvalue weighted by Crippen LogP contribution is -1.99. The van der Waals surface area contributed by atoms with Gasteiger partial charge in [0, 0.05) is 17.5 Å². The van der Waals surface area contributed by atoms with Crippen LogP contribution in [0.4, 0.5) is 0 Å². The van der Waals surface area contributed by atoms with Gasteiger partial charge < -0.3 is 5.11 Å². The zero-order chi connectivity index (χ0) is 11.7. The van der Waals surface area contributed by atoms with Crippen LogP contribution < -0.4 is 0 Å². The van der Waals surface area contributed by atoms with Crippen molar-refractivity contribution in [1.29, 1.82) is 0 Å². The molecule has 3 nitrogen and oxygen atoms in total. The van der Waals surface area contributed by atoms with E-state index in [1.807, 2.05) is 19.3 Å². The van der Waals surface area contributed by atoms with Crippen molar-refractivity contribution in [2.75, 3.05) is 0 Å². The van der Waals surface area contributed by atoms with Gasteiger partial charge in [-0.05, 0) is 31.4 Å². The van der Waals surface area contributed by atoms with Gasteiger partial charge in [0.05, 0.1) is 0 Å². The zero-order valence-corrected chi connectivity index (χ0v) is 10.0. The fourth-order valence-electron chi connectivity index (χ4n) is 1.02. The molecule has 0 amide bonds. The van der Waals surface area contributed by atoms with Crippen molar-refractivity contribution in [2.45, 2.75) is 33.1 Å². The van der Waals surface area contributed by atoms with Crippen LogP contribution in [0.25, 0.3) is 0 Å². The minimum atomic E-state index is -0.831. The summed E-state index contributed by atoms with van der Waals surface area (Å²) >= 11 is 1.28. The predicted octanol–water partition coefficient (Wildman–Crippen LogP) is 3.44. The van der Waals surface area contributed by atoms with Gasteiger partial charge >= 0.3 is 5.97 Å². The molecule has 0 aromatic rings. The Balaban J connectivity index is 4.42. The van der Waals surface area contributed by atoms with Crippen LogP contribution in [0.15, 0.2) is 27.0 Å². The van der Waals surface area contributed by atoms with E-state index in [2.05, 4.69) is 11.1 Å². The highest BCUT2D eigenvalue weighted by Gasteiger charge is 2.03. The largest absolute Gasteiger partial charge is 0.478 e. The molecule has 0 heterocycles. The number of carboxylic acid groups (broad SMARTS) is 1. The van der Waals surface area contributed by atoms with E-state index in [1.54, 1.807) is 6.08 Å². The van der Waals surface area contributed by atoms with E-state index in [4.69, 9.17) is 5.11 Å². The average molecular weight is 227 g/mol. The molecule has 0 radical (unpaired) electrons. The quantitative estimate of drug-likeness (QED) is 0.412. The number of carboxylic acids is 1. The molecule has 0 aliphatic rings. The monoisotopic (exact) mass is 227 g/mol. The second kappa shape index (κ2) is 8.29. The predicted molar refractivity (Wildman–Crippen MR) is 66.1 cm³/mol. The van der Waals surface area contributed by atoms with Gasteiger partial charge in [0.2, 0.25) is 0 Å². The molecule has 0 fully saturated rings. The summed E-state index contributed by atoms with van der Waals surface area (Å²) in [6.45, 7) is 7.25. The molecule has 84 valence electrons. The smallest absolute Gasteiger partial charge is 0.331 e. The fourth-order valence-corrected chi connectivity index (χ4v) is 1.51. The van der Waals surface area contributed by atoms with Gasteiger partial charge in [-0.25, -0.2) is 9.19 Å². The summed E-state index contributed by atoms with van der Waals surface area (Å²) in [6, 6.07) is 0. The lowest BCUT2D eigenvalue weighted by Gasteiger charge is -2.01. The maximum Gasteiger partial charge on any atom is 0.331 e. The molecule has 0 bridgehead atoms. The minimum absolute atomic E-state index is 0.464. The summed E-state index contributed by atoms with van der Waals surface area (Å²) in [4.78, 5) is 10.7. The van der Waals surface area contributed by atoms with Crippen LogP contribution >= 0.6 is 11.9 Å². The highest BCUT2D eigenvalue weighted by atomic mass is 32.2. The summed E-state index contributed by atoms with van der Waals surface area (Å²) in [7, 11) is 0. The number of hydrogen-bond acceptors (Lipinski definition) is 3. The van der Waals surface area contributed by atoms with E-state index in [1.165, 1.54) is 17.5 Å². The molecule has 0 aliphatic carbocycles. The Morgan fingerprint density at radius 3 is 2.53 bits per heavy atom. The van der Waals surface area contributed by atoms with E-state index in [0.717, 1.165) is 6.42 Å². The SMILES string of the molecule is C=NS/C=C(/CC)C/C=C(\CC)C(=O)O. The third-order valence-electron chi connectivity index (χ3n) is 2.01. The zero-order valence-electron chi connectivity index (χ0n) is 9.19. The highest BCUT2D eigenvalue weighted by Crippen LogP contribution is 2.16. The third kappa shape index (κ3) is 6.12. The van der Waals surface area contributed by atoms with Gasteiger partial charge in [-0.15, -0.1) is 0 Å². The normalized spacial score (nSPS) is 12.7. The first-order chi connectivity index (χ1) is 7.15. The fraction of sp³-hybridized carbons (Fsp3) is 0.455. The first-order valence-corrected chi connectivity index (χ1v) is 5.71. The van der Waals surface area contributed by atoms with Crippen LogP contribution in [0, 0.1) is 0 Å². The Kier molecular flexibility index (Phi) is 7.72. The summed E-state index contributed by atoms with van der Waals surface area (Å²) in [5, 5.41) is 10.7. The molecule has 4 heteroatoms. The molecule has 0 atom stereocenters. The molecule has 0 unspecified atom stereocenters. The Morgan fingerprint density at radius 1 is 1.47 bits per heavy atom. The maximum absolute atomic E-state index is 10.7. The molecule has 0 saturated carbocycles. The molecule has 0 aromatic heterocycles. The van der Waals surface area contributed by atoms with Crippen molar-refractivity contribution in [1.82, 2.24) is 0 Å². The topological polar surface area (TPSA) is 49.7 Å². The van der Waals surface area contributed by atoms with E-state index >= 15 is 0 Å². The van der Waals surface area contributed by atoms with Crippen LogP contribution in [0.5, 0.6) is 0 Å². The van der Waals surface area contributed by atoms with E-state index in [-0.39, 0.29) is 0 Å². The Hall–Kier alpha value is -1.03. The molecule has 15 heavy (non-hydrogen) atoms. The molecule has 1 N–H and O–H groups in total. The van der Waals surface area contributed by atoms with E-state index in [0.29, 0.717) is 18.4 Å². The van der Waals surface area contributed by atoms with Gasteiger partial charge in [-0.3, -0.25) is 0 Å². The van der Waals surface area contributed by atoms with Crippen molar-refractivity contribution in [3.05, 3.63) is 22.6 Å². The van der Waals surface area contributed by atoms with Crippen molar-refractivity contribution in [3.63, 3.8) is 0 Å². The van der Waals surface area contributed by atoms with Crippen molar-refractivity contribution in [2.24, 2.45) is 4.40 Å². The first-order valence-electron chi connectivity index (χ1n) is 4.87. The lowest BCUT2D eigenvalue weighted by molar-refractivity contribution is -0.132. The van der Waals surface area contributed by atoms with Crippen LogP contribution in [0.3, 0.4) is 0 Å².